The molecule has 4 nitrogen and oxygen atoms in total. The number of benzene rings is 4. The van der Waals surface area contributed by atoms with Gasteiger partial charge in [-0.25, -0.2) is 4.68 Å². The number of carbonyl (C=O) groups excluding carboxylic acids is 1. The number of aromatic nitrogens is 2. The van der Waals surface area contributed by atoms with E-state index in [1.165, 1.54) is 10.9 Å². The lowest BCUT2D eigenvalue weighted by Gasteiger charge is -2.12. The summed E-state index contributed by atoms with van der Waals surface area (Å²) in [6, 6.07) is 28.7. The van der Waals surface area contributed by atoms with Crippen LogP contribution in [0.15, 0.2) is 84.9 Å². The molecule has 5 aromatic rings. The average molecular weight is 446 g/mol. The van der Waals surface area contributed by atoms with E-state index in [2.05, 4.69) is 67.7 Å². The number of aryl methyl sites for hydroxylation is 4. The second-order valence-corrected chi connectivity index (χ2v) is 8.90. The SMILES string of the molecule is Cc1cc(C)c(NC(=O)c2cc(-c3ccc4ccccc4c3)n(-c3ccccc3C)n2)c(C)c1. The van der Waals surface area contributed by atoms with Gasteiger partial charge in [-0.05, 0) is 73.4 Å². The van der Waals surface area contributed by atoms with E-state index < -0.39 is 0 Å². The summed E-state index contributed by atoms with van der Waals surface area (Å²) in [5.41, 5.74) is 8.41. The second-order valence-electron chi connectivity index (χ2n) is 8.90. The molecular formula is C30H27N3O. The Balaban J connectivity index is 1.62. The Morgan fingerprint density at radius 2 is 1.41 bits per heavy atom. The molecule has 4 aromatic carbocycles. The number of amides is 1. The zero-order valence-electron chi connectivity index (χ0n) is 19.9. The minimum atomic E-state index is -0.218. The standard InChI is InChI=1S/C30H27N3O/c1-19-15-21(3)29(22(4)16-19)31-30(34)26-18-28(33(32-26)27-12-8-5-9-20(27)2)25-14-13-23-10-6-7-11-24(23)17-25/h5-18H,1-4H3,(H,31,34). The summed E-state index contributed by atoms with van der Waals surface area (Å²) in [5, 5.41) is 10.2. The minimum Gasteiger partial charge on any atom is -0.320 e. The molecule has 168 valence electrons. The molecule has 5 rings (SSSR count). The van der Waals surface area contributed by atoms with Gasteiger partial charge in [0, 0.05) is 11.3 Å². The first-order valence-corrected chi connectivity index (χ1v) is 11.4. The number of rotatable bonds is 4. The van der Waals surface area contributed by atoms with Crippen molar-refractivity contribution < 1.29 is 4.79 Å². The fourth-order valence-electron chi connectivity index (χ4n) is 4.59. The summed E-state index contributed by atoms with van der Waals surface area (Å²) >= 11 is 0. The zero-order valence-corrected chi connectivity index (χ0v) is 19.9. The summed E-state index contributed by atoms with van der Waals surface area (Å²) in [6.45, 7) is 8.15. The number of hydrogen-bond acceptors (Lipinski definition) is 2. The largest absolute Gasteiger partial charge is 0.320 e. The van der Waals surface area contributed by atoms with Gasteiger partial charge >= 0.3 is 0 Å². The molecule has 1 aromatic heterocycles. The maximum Gasteiger partial charge on any atom is 0.276 e. The molecule has 0 fully saturated rings. The van der Waals surface area contributed by atoms with Crippen LogP contribution in [0.25, 0.3) is 27.7 Å². The average Bonchev–Trinajstić information content (AvgIpc) is 3.26. The van der Waals surface area contributed by atoms with Crippen molar-refractivity contribution in [1.29, 1.82) is 0 Å². The highest BCUT2D eigenvalue weighted by molar-refractivity contribution is 6.04. The molecule has 0 aliphatic carbocycles. The Bertz CT molecular complexity index is 1520. The van der Waals surface area contributed by atoms with Crippen LogP contribution in [0.3, 0.4) is 0 Å². The maximum atomic E-state index is 13.3. The Kier molecular flexibility index (Phi) is 5.50. The number of nitrogens with zero attached hydrogens (tertiary/aromatic N) is 2. The van der Waals surface area contributed by atoms with Gasteiger partial charge < -0.3 is 5.32 Å². The third-order valence-corrected chi connectivity index (χ3v) is 6.25. The molecule has 0 aliphatic heterocycles. The van der Waals surface area contributed by atoms with Crippen LogP contribution in [-0.2, 0) is 0 Å². The summed E-state index contributed by atoms with van der Waals surface area (Å²) in [5.74, 6) is -0.218. The minimum absolute atomic E-state index is 0.218. The topological polar surface area (TPSA) is 46.9 Å². The number of nitrogens with one attached hydrogen (secondary N) is 1. The molecule has 1 heterocycles. The van der Waals surface area contributed by atoms with Crippen molar-refractivity contribution in [1.82, 2.24) is 9.78 Å². The number of para-hydroxylation sites is 1. The molecule has 0 aliphatic rings. The van der Waals surface area contributed by atoms with E-state index in [0.717, 1.165) is 44.7 Å². The Hall–Kier alpha value is -4.18. The van der Waals surface area contributed by atoms with Crippen molar-refractivity contribution in [3.8, 4) is 16.9 Å². The van der Waals surface area contributed by atoms with Crippen molar-refractivity contribution in [3.63, 3.8) is 0 Å². The van der Waals surface area contributed by atoms with Gasteiger partial charge in [0.25, 0.3) is 5.91 Å². The van der Waals surface area contributed by atoms with Gasteiger partial charge in [0.05, 0.1) is 11.4 Å². The highest BCUT2D eigenvalue weighted by atomic mass is 16.2. The lowest BCUT2D eigenvalue weighted by atomic mass is 10.0. The van der Waals surface area contributed by atoms with Crippen LogP contribution < -0.4 is 5.32 Å². The third kappa shape index (κ3) is 3.99. The van der Waals surface area contributed by atoms with Crippen molar-refractivity contribution in [2.75, 3.05) is 5.32 Å². The van der Waals surface area contributed by atoms with Gasteiger partial charge in [-0.1, -0.05) is 72.3 Å². The molecule has 4 heteroatoms. The van der Waals surface area contributed by atoms with Crippen LogP contribution in [0.5, 0.6) is 0 Å². The lowest BCUT2D eigenvalue weighted by Crippen LogP contribution is -2.15. The van der Waals surface area contributed by atoms with Gasteiger partial charge in [-0.15, -0.1) is 0 Å². The quantitative estimate of drug-likeness (QED) is 0.318. The van der Waals surface area contributed by atoms with E-state index in [-0.39, 0.29) is 5.91 Å². The fraction of sp³-hybridized carbons (Fsp3) is 0.133. The molecule has 0 atom stereocenters. The molecule has 1 amide bonds. The normalized spacial score (nSPS) is 11.1. The van der Waals surface area contributed by atoms with E-state index in [9.17, 15) is 4.79 Å². The predicted molar refractivity (Wildman–Crippen MR) is 140 cm³/mol. The predicted octanol–water partition coefficient (Wildman–Crippen LogP) is 7.18. The summed E-state index contributed by atoms with van der Waals surface area (Å²) in [7, 11) is 0. The van der Waals surface area contributed by atoms with Crippen LogP contribution in [0.1, 0.15) is 32.7 Å². The number of fused-ring (bicyclic) bond motifs is 1. The maximum absolute atomic E-state index is 13.3. The molecule has 1 N–H and O–H groups in total. The van der Waals surface area contributed by atoms with Gasteiger partial charge in [-0.3, -0.25) is 4.79 Å². The Morgan fingerprint density at radius 3 is 2.15 bits per heavy atom. The molecule has 0 radical (unpaired) electrons. The Morgan fingerprint density at radius 1 is 0.735 bits per heavy atom. The second kappa shape index (κ2) is 8.64. The first-order valence-electron chi connectivity index (χ1n) is 11.4. The Labute approximate surface area is 199 Å². The van der Waals surface area contributed by atoms with E-state index in [1.807, 2.05) is 54.9 Å². The van der Waals surface area contributed by atoms with Crippen LogP contribution in [0.4, 0.5) is 5.69 Å². The van der Waals surface area contributed by atoms with Gasteiger partial charge in [-0.2, -0.15) is 5.10 Å². The summed E-state index contributed by atoms with van der Waals surface area (Å²) < 4.78 is 1.88. The van der Waals surface area contributed by atoms with Crippen molar-refractivity contribution >= 4 is 22.4 Å². The highest BCUT2D eigenvalue weighted by Gasteiger charge is 2.19. The molecule has 34 heavy (non-hydrogen) atoms. The smallest absolute Gasteiger partial charge is 0.276 e. The number of carbonyl (C=O) groups is 1. The van der Waals surface area contributed by atoms with Crippen LogP contribution in [0, 0.1) is 27.7 Å². The van der Waals surface area contributed by atoms with Crippen molar-refractivity contribution in [3.05, 3.63) is 113 Å². The fourth-order valence-corrected chi connectivity index (χ4v) is 4.59. The van der Waals surface area contributed by atoms with Gasteiger partial charge in [0.1, 0.15) is 0 Å². The molecule has 0 bridgehead atoms. The molecule has 0 saturated carbocycles. The zero-order chi connectivity index (χ0) is 23.8. The molecule has 0 spiro atoms. The van der Waals surface area contributed by atoms with E-state index >= 15 is 0 Å². The van der Waals surface area contributed by atoms with Gasteiger partial charge in [0.2, 0.25) is 0 Å². The molecule has 0 unspecified atom stereocenters. The van der Waals surface area contributed by atoms with Crippen molar-refractivity contribution in [2.45, 2.75) is 27.7 Å². The highest BCUT2D eigenvalue weighted by Crippen LogP contribution is 2.29. The number of hydrogen-bond donors (Lipinski definition) is 1. The molecule has 0 saturated heterocycles. The summed E-state index contributed by atoms with van der Waals surface area (Å²) in [6.07, 6.45) is 0. The van der Waals surface area contributed by atoms with Crippen LogP contribution in [-0.4, -0.2) is 15.7 Å². The summed E-state index contributed by atoms with van der Waals surface area (Å²) in [4.78, 5) is 13.3. The van der Waals surface area contributed by atoms with Gasteiger partial charge in [0.15, 0.2) is 5.69 Å². The van der Waals surface area contributed by atoms with Crippen molar-refractivity contribution in [2.24, 2.45) is 0 Å². The van der Waals surface area contributed by atoms with Crippen LogP contribution >= 0.6 is 0 Å². The van der Waals surface area contributed by atoms with Crippen LogP contribution in [0.2, 0.25) is 0 Å². The first-order chi connectivity index (χ1) is 16.4. The van der Waals surface area contributed by atoms with E-state index in [1.54, 1.807) is 0 Å². The van der Waals surface area contributed by atoms with E-state index in [0.29, 0.717) is 5.69 Å². The third-order valence-electron chi connectivity index (χ3n) is 6.25. The first kappa shape index (κ1) is 21.7. The lowest BCUT2D eigenvalue weighted by molar-refractivity contribution is 0.102. The monoisotopic (exact) mass is 445 g/mol. The van der Waals surface area contributed by atoms with E-state index in [4.69, 9.17) is 5.10 Å². The number of anilines is 1. The molecular weight excluding hydrogens is 418 g/mol.